The molecule has 0 unspecified atom stereocenters. The van der Waals surface area contributed by atoms with Crippen molar-refractivity contribution in [2.45, 2.75) is 6.42 Å². The summed E-state index contributed by atoms with van der Waals surface area (Å²) in [4.78, 5) is 23.7. The van der Waals surface area contributed by atoms with Gasteiger partial charge in [0.1, 0.15) is 0 Å². The summed E-state index contributed by atoms with van der Waals surface area (Å²) in [6.07, 6.45) is 0.588. The standard InChI is InChI=1S/C20H20N2O5/c1-25-17-7-6-14(11-18(17)26-2)8-9-22-19(23)13-27-20(24)16-5-3-4-15(10-16)12-21/h3-7,10-11H,8-9,13H2,1-2H3,(H,22,23). The summed E-state index contributed by atoms with van der Waals surface area (Å²) in [6.45, 7) is -0.00265. The summed E-state index contributed by atoms with van der Waals surface area (Å²) in [5.41, 5.74) is 1.55. The quantitative estimate of drug-likeness (QED) is 0.717. The van der Waals surface area contributed by atoms with Crippen molar-refractivity contribution in [3.8, 4) is 17.6 Å². The van der Waals surface area contributed by atoms with Crippen LogP contribution in [0.25, 0.3) is 0 Å². The summed E-state index contributed by atoms with van der Waals surface area (Å²) >= 11 is 0. The molecule has 0 aliphatic heterocycles. The van der Waals surface area contributed by atoms with Crippen molar-refractivity contribution in [1.82, 2.24) is 5.32 Å². The molecular weight excluding hydrogens is 348 g/mol. The van der Waals surface area contributed by atoms with Crippen molar-refractivity contribution in [1.29, 1.82) is 5.26 Å². The Morgan fingerprint density at radius 3 is 2.56 bits per heavy atom. The smallest absolute Gasteiger partial charge is 0.338 e. The normalized spacial score (nSPS) is 9.81. The fourth-order valence-corrected chi connectivity index (χ4v) is 2.36. The van der Waals surface area contributed by atoms with Crippen LogP contribution in [0, 0.1) is 11.3 Å². The van der Waals surface area contributed by atoms with Gasteiger partial charge in [-0.05, 0) is 42.3 Å². The third-order valence-electron chi connectivity index (χ3n) is 3.75. The molecule has 0 aliphatic carbocycles. The molecule has 0 radical (unpaired) electrons. The zero-order chi connectivity index (χ0) is 19.6. The molecule has 0 aromatic heterocycles. The topological polar surface area (TPSA) is 97.6 Å². The molecule has 2 rings (SSSR count). The zero-order valence-electron chi connectivity index (χ0n) is 15.2. The number of carbonyl (C=O) groups is 2. The molecule has 2 aromatic carbocycles. The molecule has 1 amide bonds. The molecule has 0 aliphatic rings. The Bertz CT molecular complexity index is 858. The molecule has 0 spiro atoms. The van der Waals surface area contributed by atoms with Gasteiger partial charge >= 0.3 is 5.97 Å². The van der Waals surface area contributed by atoms with Crippen LogP contribution in [0.3, 0.4) is 0 Å². The van der Waals surface area contributed by atoms with E-state index in [2.05, 4.69) is 5.32 Å². The molecule has 7 nitrogen and oxygen atoms in total. The van der Waals surface area contributed by atoms with E-state index in [9.17, 15) is 9.59 Å². The first kappa shape index (κ1) is 19.8. The second-order valence-electron chi connectivity index (χ2n) is 5.56. The molecule has 0 saturated heterocycles. The van der Waals surface area contributed by atoms with Gasteiger partial charge in [-0.3, -0.25) is 4.79 Å². The van der Waals surface area contributed by atoms with E-state index in [0.29, 0.717) is 30.0 Å². The van der Waals surface area contributed by atoms with Crippen molar-refractivity contribution < 1.29 is 23.8 Å². The molecule has 0 bridgehead atoms. The van der Waals surface area contributed by atoms with Gasteiger partial charge in [-0.1, -0.05) is 12.1 Å². The van der Waals surface area contributed by atoms with Crippen molar-refractivity contribution in [3.63, 3.8) is 0 Å². The Kier molecular flexibility index (Phi) is 7.20. The van der Waals surface area contributed by atoms with Crippen LogP contribution < -0.4 is 14.8 Å². The van der Waals surface area contributed by atoms with Crippen LogP contribution >= 0.6 is 0 Å². The molecule has 0 fully saturated rings. The van der Waals surface area contributed by atoms with Crippen molar-refractivity contribution in [3.05, 3.63) is 59.2 Å². The highest BCUT2D eigenvalue weighted by atomic mass is 16.5. The molecule has 27 heavy (non-hydrogen) atoms. The van der Waals surface area contributed by atoms with Gasteiger partial charge in [-0.25, -0.2) is 4.79 Å². The Balaban J connectivity index is 1.78. The molecule has 1 N–H and O–H groups in total. The number of hydrogen-bond acceptors (Lipinski definition) is 6. The highest BCUT2D eigenvalue weighted by Crippen LogP contribution is 2.27. The maximum absolute atomic E-state index is 11.9. The molecular formula is C20H20N2O5. The SMILES string of the molecule is COc1ccc(CCNC(=O)COC(=O)c2cccc(C#N)c2)cc1OC. The van der Waals surface area contributed by atoms with E-state index < -0.39 is 11.9 Å². The molecule has 0 atom stereocenters. The van der Waals surface area contributed by atoms with Gasteiger partial charge in [0.2, 0.25) is 0 Å². The number of rotatable bonds is 8. The summed E-state index contributed by atoms with van der Waals surface area (Å²) < 4.78 is 15.4. The average molecular weight is 368 g/mol. The Morgan fingerprint density at radius 2 is 1.85 bits per heavy atom. The average Bonchev–Trinajstić information content (AvgIpc) is 2.71. The lowest BCUT2D eigenvalue weighted by molar-refractivity contribution is -0.124. The fraction of sp³-hybridized carbons (Fsp3) is 0.250. The zero-order valence-corrected chi connectivity index (χ0v) is 15.2. The van der Waals surface area contributed by atoms with Crippen LogP contribution in [0.1, 0.15) is 21.5 Å². The number of esters is 1. The highest BCUT2D eigenvalue weighted by molar-refractivity contribution is 5.91. The van der Waals surface area contributed by atoms with Crippen LogP contribution in [0.15, 0.2) is 42.5 Å². The van der Waals surface area contributed by atoms with E-state index in [1.165, 1.54) is 12.1 Å². The van der Waals surface area contributed by atoms with Crippen LogP contribution in [-0.4, -0.2) is 39.2 Å². The van der Waals surface area contributed by atoms with E-state index >= 15 is 0 Å². The summed E-state index contributed by atoms with van der Waals surface area (Å²) in [5, 5.41) is 11.5. The van der Waals surface area contributed by atoms with E-state index in [1.807, 2.05) is 18.2 Å². The van der Waals surface area contributed by atoms with Crippen LogP contribution in [-0.2, 0) is 16.0 Å². The molecule has 2 aromatic rings. The predicted octanol–water partition coefficient (Wildman–Crippen LogP) is 2.09. The summed E-state index contributed by atoms with van der Waals surface area (Å²) in [7, 11) is 3.12. The largest absolute Gasteiger partial charge is 0.493 e. The van der Waals surface area contributed by atoms with E-state index in [-0.39, 0.29) is 12.2 Å². The number of nitrogens with zero attached hydrogens (tertiary/aromatic N) is 1. The van der Waals surface area contributed by atoms with Crippen molar-refractivity contribution >= 4 is 11.9 Å². The van der Waals surface area contributed by atoms with E-state index in [4.69, 9.17) is 19.5 Å². The van der Waals surface area contributed by atoms with Gasteiger partial charge in [0.05, 0.1) is 31.4 Å². The number of amides is 1. The first-order valence-corrected chi connectivity index (χ1v) is 8.22. The van der Waals surface area contributed by atoms with Gasteiger partial charge in [-0.2, -0.15) is 5.26 Å². The van der Waals surface area contributed by atoms with Gasteiger partial charge in [0, 0.05) is 6.54 Å². The van der Waals surface area contributed by atoms with Crippen molar-refractivity contribution in [2.75, 3.05) is 27.4 Å². The maximum Gasteiger partial charge on any atom is 0.338 e. The number of nitriles is 1. The maximum atomic E-state index is 11.9. The molecule has 0 heterocycles. The minimum absolute atomic E-state index is 0.229. The lowest BCUT2D eigenvalue weighted by Crippen LogP contribution is -2.30. The minimum atomic E-state index is -0.651. The number of nitrogens with one attached hydrogen (secondary N) is 1. The second-order valence-corrected chi connectivity index (χ2v) is 5.56. The summed E-state index contributed by atoms with van der Waals surface area (Å²) in [6, 6.07) is 13.6. The molecule has 7 heteroatoms. The van der Waals surface area contributed by atoms with Crippen LogP contribution in [0.2, 0.25) is 0 Å². The van der Waals surface area contributed by atoms with E-state index in [0.717, 1.165) is 5.56 Å². The Hall–Kier alpha value is -3.53. The number of ether oxygens (including phenoxy) is 3. The Morgan fingerprint density at radius 1 is 1.07 bits per heavy atom. The highest BCUT2D eigenvalue weighted by Gasteiger charge is 2.11. The second kappa shape index (κ2) is 9.82. The minimum Gasteiger partial charge on any atom is -0.493 e. The molecule has 0 saturated carbocycles. The van der Waals surface area contributed by atoms with Gasteiger partial charge in [-0.15, -0.1) is 0 Å². The third-order valence-corrected chi connectivity index (χ3v) is 3.75. The van der Waals surface area contributed by atoms with Gasteiger partial charge in [0.25, 0.3) is 5.91 Å². The number of methoxy groups -OCH3 is 2. The number of benzene rings is 2. The number of carbonyl (C=O) groups excluding carboxylic acids is 2. The first-order valence-electron chi connectivity index (χ1n) is 8.22. The predicted molar refractivity (Wildman–Crippen MR) is 97.7 cm³/mol. The monoisotopic (exact) mass is 368 g/mol. The molecule has 140 valence electrons. The number of hydrogen-bond donors (Lipinski definition) is 1. The summed E-state index contributed by atoms with van der Waals surface area (Å²) in [5.74, 6) is 0.204. The first-order chi connectivity index (χ1) is 13.1. The van der Waals surface area contributed by atoms with Crippen molar-refractivity contribution in [2.24, 2.45) is 0 Å². The van der Waals surface area contributed by atoms with Crippen LogP contribution in [0.5, 0.6) is 11.5 Å². The van der Waals surface area contributed by atoms with Gasteiger partial charge in [0.15, 0.2) is 18.1 Å². The van der Waals surface area contributed by atoms with Crippen LogP contribution in [0.4, 0.5) is 0 Å². The fourth-order valence-electron chi connectivity index (χ4n) is 2.36. The Labute approximate surface area is 157 Å². The van der Waals surface area contributed by atoms with E-state index in [1.54, 1.807) is 32.4 Å². The third kappa shape index (κ3) is 5.75. The lowest BCUT2D eigenvalue weighted by Gasteiger charge is -2.10. The lowest BCUT2D eigenvalue weighted by atomic mass is 10.1. The van der Waals surface area contributed by atoms with Gasteiger partial charge < -0.3 is 19.5 Å².